The van der Waals surface area contributed by atoms with Gasteiger partial charge in [0.05, 0.1) is 0 Å². The average molecular weight is 325 g/mol. The largest absolute Gasteiger partial charge is 0.308 e. The molecule has 0 heterocycles. The number of rotatable bonds is 5. The minimum absolute atomic E-state index is 0.104. The van der Waals surface area contributed by atoms with Gasteiger partial charge < -0.3 is 5.32 Å². The van der Waals surface area contributed by atoms with Crippen LogP contribution in [-0.4, -0.2) is 10.9 Å². The minimum Gasteiger partial charge on any atom is -0.308 e. The van der Waals surface area contributed by atoms with Gasteiger partial charge in [-0.3, -0.25) is 0 Å². The van der Waals surface area contributed by atoms with E-state index in [0.717, 1.165) is 28.9 Å². The Morgan fingerprint density at radius 2 is 2.00 bits per heavy atom. The first kappa shape index (κ1) is 14.3. The highest BCUT2D eigenvalue weighted by molar-refractivity contribution is 9.09. The Kier molecular flexibility index (Phi) is 5.58. The second-order valence-electron chi connectivity index (χ2n) is 4.41. The van der Waals surface area contributed by atoms with Crippen molar-refractivity contribution in [2.45, 2.75) is 32.4 Å². The molecule has 0 saturated heterocycles. The van der Waals surface area contributed by atoms with Crippen molar-refractivity contribution in [2.75, 3.05) is 5.33 Å². The molecule has 1 nitrogen and oxygen atoms in total. The Labute approximate surface area is 116 Å². The highest BCUT2D eigenvalue weighted by atomic mass is 79.9. The van der Waals surface area contributed by atoms with Crippen LogP contribution in [0, 0.1) is 0 Å². The van der Waals surface area contributed by atoms with Gasteiger partial charge in [-0.05, 0) is 38.0 Å². The first-order chi connectivity index (χ1) is 7.44. The van der Waals surface area contributed by atoms with Crippen LogP contribution in [0.4, 0.5) is 0 Å². The number of nitrogens with one attached hydrogen (secondary N) is 1. The summed E-state index contributed by atoms with van der Waals surface area (Å²) in [6, 6.07) is 5.60. The molecule has 0 bridgehead atoms. The Morgan fingerprint density at radius 3 is 2.56 bits per heavy atom. The van der Waals surface area contributed by atoms with E-state index in [1.165, 1.54) is 0 Å². The molecule has 0 saturated carbocycles. The lowest BCUT2D eigenvalue weighted by Crippen LogP contribution is -2.39. The van der Waals surface area contributed by atoms with E-state index >= 15 is 0 Å². The van der Waals surface area contributed by atoms with Gasteiger partial charge in [0.15, 0.2) is 0 Å². The quantitative estimate of drug-likeness (QED) is 0.777. The van der Waals surface area contributed by atoms with Crippen LogP contribution < -0.4 is 5.32 Å². The number of alkyl halides is 1. The molecule has 0 aliphatic heterocycles. The first-order valence-electron chi connectivity index (χ1n) is 5.19. The van der Waals surface area contributed by atoms with Crippen molar-refractivity contribution in [3.8, 4) is 0 Å². The third-order valence-corrected chi connectivity index (χ3v) is 3.48. The number of hydrogen-bond acceptors (Lipinski definition) is 1. The molecule has 0 unspecified atom stereocenters. The van der Waals surface area contributed by atoms with Crippen molar-refractivity contribution in [3.63, 3.8) is 0 Å². The van der Waals surface area contributed by atoms with Crippen LogP contribution in [0.1, 0.15) is 25.8 Å². The topological polar surface area (TPSA) is 12.0 Å². The minimum atomic E-state index is 0.104. The van der Waals surface area contributed by atoms with Gasteiger partial charge in [0.1, 0.15) is 0 Å². The lowest BCUT2D eigenvalue weighted by atomic mass is 10.0. The summed E-state index contributed by atoms with van der Waals surface area (Å²) in [5, 5.41) is 5.86. The van der Waals surface area contributed by atoms with E-state index in [1.807, 2.05) is 12.1 Å². The maximum Gasteiger partial charge on any atom is 0.0465 e. The van der Waals surface area contributed by atoms with E-state index < -0.39 is 0 Å². The number of benzene rings is 1. The summed E-state index contributed by atoms with van der Waals surface area (Å²) in [7, 11) is 0. The van der Waals surface area contributed by atoms with Gasteiger partial charge in [-0.2, -0.15) is 0 Å². The van der Waals surface area contributed by atoms with Gasteiger partial charge in [0, 0.05) is 27.5 Å². The molecule has 4 heteroatoms. The molecule has 0 spiro atoms. The molecule has 0 aliphatic rings. The van der Waals surface area contributed by atoms with Crippen LogP contribution in [0.5, 0.6) is 0 Å². The molecule has 1 aromatic rings. The summed E-state index contributed by atoms with van der Waals surface area (Å²) < 4.78 is 0. The standard InChI is InChI=1S/C12H16BrCl2N/c1-12(2,5-6-13)16-8-9-3-4-10(14)7-11(9)15/h3-4,7,16H,5-6,8H2,1-2H3. The van der Waals surface area contributed by atoms with Crippen molar-refractivity contribution in [3.05, 3.63) is 33.8 Å². The SMILES string of the molecule is CC(C)(CCBr)NCc1ccc(Cl)cc1Cl. The van der Waals surface area contributed by atoms with Crippen molar-refractivity contribution >= 4 is 39.1 Å². The van der Waals surface area contributed by atoms with Crippen LogP contribution in [0.2, 0.25) is 10.0 Å². The van der Waals surface area contributed by atoms with E-state index in [4.69, 9.17) is 23.2 Å². The zero-order chi connectivity index (χ0) is 12.2. The molecule has 0 aliphatic carbocycles. The maximum absolute atomic E-state index is 6.10. The molecule has 0 amide bonds. The second kappa shape index (κ2) is 6.25. The van der Waals surface area contributed by atoms with E-state index in [0.29, 0.717) is 5.02 Å². The summed E-state index contributed by atoms with van der Waals surface area (Å²) in [6.45, 7) is 5.12. The molecule has 1 N–H and O–H groups in total. The van der Waals surface area contributed by atoms with E-state index in [2.05, 4.69) is 35.1 Å². The zero-order valence-corrected chi connectivity index (χ0v) is 12.6. The first-order valence-corrected chi connectivity index (χ1v) is 7.07. The molecule has 90 valence electrons. The molecule has 0 aromatic heterocycles. The lowest BCUT2D eigenvalue weighted by molar-refractivity contribution is 0.378. The van der Waals surface area contributed by atoms with Crippen molar-refractivity contribution in [1.29, 1.82) is 0 Å². The highest BCUT2D eigenvalue weighted by Crippen LogP contribution is 2.21. The van der Waals surface area contributed by atoms with Gasteiger partial charge in [-0.25, -0.2) is 0 Å². The van der Waals surface area contributed by atoms with Gasteiger partial charge >= 0.3 is 0 Å². The fraction of sp³-hybridized carbons (Fsp3) is 0.500. The van der Waals surface area contributed by atoms with Gasteiger partial charge in [-0.1, -0.05) is 45.2 Å². The third-order valence-electron chi connectivity index (χ3n) is 2.49. The van der Waals surface area contributed by atoms with Crippen LogP contribution in [0.3, 0.4) is 0 Å². The smallest absolute Gasteiger partial charge is 0.0465 e. The monoisotopic (exact) mass is 323 g/mol. The summed E-state index contributed by atoms with van der Waals surface area (Å²) in [4.78, 5) is 0. The number of hydrogen-bond donors (Lipinski definition) is 1. The summed E-state index contributed by atoms with van der Waals surface area (Å²) in [5.74, 6) is 0. The van der Waals surface area contributed by atoms with Crippen LogP contribution in [-0.2, 0) is 6.54 Å². The molecule has 0 fully saturated rings. The predicted octanol–water partition coefficient (Wildman–Crippen LogP) is 4.65. The van der Waals surface area contributed by atoms with E-state index in [1.54, 1.807) is 6.07 Å². The Hall–Kier alpha value is 0.240. The van der Waals surface area contributed by atoms with E-state index in [9.17, 15) is 0 Å². The normalized spacial score (nSPS) is 11.8. The molecule has 16 heavy (non-hydrogen) atoms. The van der Waals surface area contributed by atoms with Gasteiger partial charge in [0.25, 0.3) is 0 Å². The van der Waals surface area contributed by atoms with Crippen LogP contribution in [0.15, 0.2) is 18.2 Å². The summed E-state index contributed by atoms with van der Waals surface area (Å²) in [5.41, 5.74) is 1.18. The maximum atomic E-state index is 6.10. The highest BCUT2D eigenvalue weighted by Gasteiger charge is 2.16. The average Bonchev–Trinajstić information content (AvgIpc) is 2.16. The van der Waals surface area contributed by atoms with Crippen molar-refractivity contribution in [2.24, 2.45) is 0 Å². The molecule has 1 aromatic carbocycles. The molecule has 0 radical (unpaired) electrons. The summed E-state index contributed by atoms with van der Waals surface area (Å²) >= 11 is 15.4. The third kappa shape index (κ3) is 4.62. The summed E-state index contributed by atoms with van der Waals surface area (Å²) in [6.07, 6.45) is 1.07. The Balaban J connectivity index is 2.61. The fourth-order valence-electron chi connectivity index (χ4n) is 1.32. The Morgan fingerprint density at radius 1 is 1.31 bits per heavy atom. The van der Waals surface area contributed by atoms with Gasteiger partial charge in [0.2, 0.25) is 0 Å². The predicted molar refractivity (Wildman–Crippen MR) is 75.8 cm³/mol. The van der Waals surface area contributed by atoms with Crippen molar-refractivity contribution in [1.82, 2.24) is 5.32 Å². The molecule has 0 atom stereocenters. The Bertz CT molecular complexity index is 353. The number of halogens is 3. The zero-order valence-electron chi connectivity index (χ0n) is 9.49. The van der Waals surface area contributed by atoms with Crippen molar-refractivity contribution < 1.29 is 0 Å². The van der Waals surface area contributed by atoms with Gasteiger partial charge in [-0.15, -0.1) is 0 Å². The lowest BCUT2D eigenvalue weighted by Gasteiger charge is -2.25. The van der Waals surface area contributed by atoms with E-state index in [-0.39, 0.29) is 5.54 Å². The van der Waals surface area contributed by atoms with Crippen LogP contribution >= 0.6 is 39.1 Å². The fourth-order valence-corrected chi connectivity index (χ4v) is 2.79. The second-order valence-corrected chi connectivity index (χ2v) is 6.05. The molecular weight excluding hydrogens is 309 g/mol. The van der Waals surface area contributed by atoms with Crippen LogP contribution in [0.25, 0.3) is 0 Å². The molecule has 1 rings (SSSR count). The molecular formula is C12H16BrCl2N.